The molecule has 2 aromatic carbocycles. The third kappa shape index (κ3) is 3.90. The molecule has 2 aromatic heterocycles. The van der Waals surface area contributed by atoms with Crippen LogP contribution in [0, 0.1) is 0 Å². The summed E-state index contributed by atoms with van der Waals surface area (Å²) >= 11 is 0. The van der Waals surface area contributed by atoms with E-state index in [0.717, 1.165) is 30.9 Å². The van der Waals surface area contributed by atoms with Crippen LogP contribution < -0.4 is 5.32 Å². The van der Waals surface area contributed by atoms with Crippen LogP contribution in [-0.2, 0) is 19.6 Å². The van der Waals surface area contributed by atoms with Crippen molar-refractivity contribution in [2.24, 2.45) is 0 Å². The van der Waals surface area contributed by atoms with Gasteiger partial charge in [0.15, 0.2) is 0 Å². The van der Waals surface area contributed by atoms with Crippen molar-refractivity contribution in [1.82, 2.24) is 25.1 Å². The van der Waals surface area contributed by atoms with E-state index in [2.05, 4.69) is 61.5 Å². The maximum absolute atomic E-state index is 4.20. The van der Waals surface area contributed by atoms with Crippen LogP contribution in [0.1, 0.15) is 16.7 Å². The Bertz CT molecular complexity index is 924. The molecule has 0 saturated carbocycles. The molecule has 0 aliphatic heterocycles. The van der Waals surface area contributed by atoms with Gasteiger partial charge in [0.05, 0.1) is 18.2 Å². The van der Waals surface area contributed by atoms with Crippen molar-refractivity contribution in [3.63, 3.8) is 0 Å². The Kier molecular flexibility index (Phi) is 4.89. The zero-order chi connectivity index (χ0) is 17.6. The van der Waals surface area contributed by atoms with Crippen LogP contribution in [0.25, 0.3) is 11.3 Å². The van der Waals surface area contributed by atoms with Crippen molar-refractivity contribution >= 4 is 0 Å². The van der Waals surface area contributed by atoms with Crippen LogP contribution in [0.15, 0.2) is 79.5 Å². The molecule has 0 spiro atoms. The van der Waals surface area contributed by atoms with Crippen molar-refractivity contribution in [2.45, 2.75) is 19.6 Å². The molecule has 0 atom stereocenters. The third-order valence-electron chi connectivity index (χ3n) is 4.37. The minimum Gasteiger partial charge on any atom is -0.333 e. The van der Waals surface area contributed by atoms with E-state index in [1.807, 2.05) is 36.9 Å². The number of H-pyrrole nitrogens is 1. The van der Waals surface area contributed by atoms with E-state index in [0.29, 0.717) is 0 Å². The summed E-state index contributed by atoms with van der Waals surface area (Å²) < 4.78 is 2.07. The molecule has 5 nitrogen and oxygen atoms in total. The minimum atomic E-state index is 0.775. The monoisotopic (exact) mass is 343 g/mol. The highest BCUT2D eigenvalue weighted by Crippen LogP contribution is 2.20. The lowest BCUT2D eigenvalue weighted by Crippen LogP contribution is -2.13. The zero-order valence-electron chi connectivity index (χ0n) is 14.5. The largest absolute Gasteiger partial charge is 0.333 e. The average molecular weight is 343 g/mol. The van der Waals surface area contributed by atoms with E-state index < -0.39 is 0 Å². The Morgan fingerprint density at radius 1 is 0.923 bits per heavy atom. The van der Waals surface area contributed by atoms with Crippen LogP contribution in [0.4, 0.5) is 0 Å². The fraction of sp³-hybridized carbons (Fsp3) is 0.143. The van der Waals surface area contributed by atoms with Crippen molar-refractivity contribution in [2.75, 3.05) is 0 Å². The molecule has 26 heavy (non-hydrogen) atoms. The van der Waals surface area contributed by atoms with Gasteiger partial charge < -0.3 is 9.88 Å². The highest BCUT2D eigenvalue weighted by molar-refractivity contribution is 5.62. The van der Waals surface area contributed by atoms with E-state index >= 15 is 0 Å². The van der Waals surface area contributed by atoms with Crippen LogP contribution in [0.3, 0.4) is 0 Å². The molecule has 0 radical (unpaired) electrons. The van der Waals surface area contributed by atoms with Crippen LogP contribution >= 0.6 is 0 Å². The van der Waals surface area contributed by atoms with Gasteiger partial charge in [-0.3, -0.25) is 5.10 Å². The number of aromatic nitrogens is 4. The smallest absolute Gasteiger partial charge is 0.0949 e. The summed E-state index contributed by atoms with van der Waals surface area (Å²) in [6, 6.07) is 19.0. The molecule has 0 aliphatic rings. The standard InChI is InChI=1S/C21H21N5/c1-2-4-19(5-3-1)21-20(14-24-25-21)13-23-12-17-6-8-18(9-7-17)15-26-11-10-22-16-26/h1-11,14,16,23H,12-13,15H2,(H,24,25). The molecule has 2 N–H and O–H groups in total. The number of hydrogen-bond acceptors (Lipinski definition) is 3. The summed E-state index contributed by atoms with van der Waals surface area (Å²) in [4.78, 5) is 4.08. The second kappa shape index (κ2) is 7.80. The summed E-state index contributed by atoms with van der Waals surface area (Å²) in [5.74, 6) is 0. The quantitative estimate of drug-likeness (QED) is 0.539. The van der Waals surface area contributed by atoms with Crippen molar-refractivity contribution in [1.29, 1.82) is 0 Å². The number of rotatable bonds is 7. The Morgan fingerprint density at radius 3 is 2.50 bits per heavy atom. The molecule has 5 heteroatoms. The molecule has 0 bridgehead atoms. The first-order valence-electron chi connectivity index (χ1n) is 8.70. The number of imidazole rings is 1. The van der Waals surface area contributed by atoms with Gasteiger partial charge in [-0.15, -0.1) is 0 Å². The molecule has 4 rings (SSSR count). The molecule has 4 aromatic rings. The molecule has 0 fully saturated rings. The van der Waals surface area contributed by atoms with E-state index in [-0.39, 0.29) is 0 Å². The predicted octanol–water partition coefficient (Wildman–Crippen LogP) is 3.61. The number of benzene rings is 2. The Hall–Kier alpha value is -3.18. The zero-order valence-corrected chi connectivity index (χ0v) is 14.5. The number of nitrogens with one attached hydrogen (secondary N) is 2. The highest BCUT2D eigenvalue weighted by atomic mass is 15.1. The van der Waals surface area contributed by atoms with E-state index in [9.17, 15) is 0 Å². The van der Waals surface area contributed by atoms with Crippen LogP contribution in [-0.4, -0.2) is 19.7 Å². The summed E-state index contributed by atoms with van der Waals surface area (Å²) in [7, 11) is 0. The lowest BCUT2D eigenvalue weighted by atomic mass is 10.1. The number of nitrogens with zero attached hydrogens (tertiary/aromatic N) is 3. The second-order valence-electron chi connectivity index (χ2n) is 6.29. The lowest BCUT2D eigenvalue weighted by Gasteiger charge is -2.08. The average Bonchev–Trinajstić information content (AvgIpc) is 3.36. The van der Waals surface area contributed by atoms with Gasteiger partial charge in [0.1, 0.15) is 0 Å². The highest BCUT2D eigenvalue weighted by Gasteiger charge is 2.06. The van der Waals surface area contributed by atoms with E-state index in [1.165, 1.54) is 16.7 Å². The molecule has 0 unspecified atom stereocenters. The van der Waals surface area contributed by atoms with Crippen molar-refractivity contribution < 1.29 is 0 Å². The van der Waals surface area contributed by atoms with Gasteiger partial charge in [0, 0.05) is 37.6 Å². The van der Waals surface area contributed by atoms with Crippen LogP contribution in [0.2, 0.25) is 0 Å². The first-order chi connectivity index (χ1) is 12.9. The van der Waals surface area contributed by atoms with Gasteiger partial charge in [-0.2, -0.15) is 5.10 Å². The fourth-order valence-electron chi connectivity index (χ4n) is 3.00. The van der Waals surface area contributed by atoms with Gasteiger partial charge in [0.2, 0.25) is 0 Å². The molecular formula is C21H21N5. The van der Waals surface area contributed by atoms with Gasteiger partial charge >= 0.3 is 0 Å². The Morgan fingerprint density at radius 2 is 1.73 bits per heavy atom. The second-order valence-corrected chi connectivity index (χ2v) is 6.29. The summed E-state index contributed by atoms with van der Waals surface area (Å²) in [5.41, 5.74) is 5.95. The van der Waals surface area contributed by atoms with E-state index in [1.54, 1.807) is 6.20 Å². The Balaban J connectivity index is 1.33. The molecule has 0 aliphatic carbocycles. The SMILES string of the molecule is c1ccc(-c2[nH]ncc2CNCc2ccc(Cn3ccnc3)cc2)cc1. The van der Waals surface area contributed by atoms with Gasteiger partial charge in [0.25, 0.3) is 0 Å². The first kappa shape index (κ1) is 16.3. The van der Waals surface area contributed by atoms with Crippen molar-refractivity contribution in [3.8, 4) is 11.3 Å². The number of hydrogen-bond donors (Lipinski definition) is 2. The molecular weight excluding hydrogens is 322 g/mol. The summed E-state index contributed by atoms with van der Waals surface area (Å²) in [6.45, 7) is 2.45. The number of aromatic amines is 1. The molecule has 2 heterocycles. The van der Waals surface area contributed by atoms with Gasteiger partial charge in [-0.05, 0) is 16.7 Å². The first-order valence-corrected chi connectivity index (χ1v) is 8.70. The maximum atomic E-state index is 4.20. The molecule has 130 valence electrons. The van der Waals surface area contributed by atoms with Gasteiger partial charge in [-0.1, -0.05) is 54.6 Å². The predicted molar refractivity (Wildman–Crippen MR) is 102 cm³/mol. The third-order valence-corrected chi connectivity index (χ3v) is 4.37. The lowest BCUT2D eigenvalue weighted by molar-refractivity contribution is 0.694. The minimum absolute atomic E-state index is 0.775. The topological polar surface area (TPSA) is 58.5 Å². The Labute approximate surface area is 152 Å². The summed E-state index contributed by atoms with van der Waals surface area (Å²) in [5, 5.41) is 10.8. The summed E-state index contributed by atoms with van der Waals surface area (Å²) in [6.07, 6.45) is 7.51. The van der Waals surface area contributed by atoms with Crippen molar-refractivity contribution in [3.05, 3.63) is 96.2 Å². The maximum Gasteiger partial charge on any atom is 0.0949 e. The van der Waals surface area contributed by atoms with Crippen LogP contribution in [0.5, 0.6) is 0 Å². The normalized spacial score (nSPS) is 10.9. The molecule has 0 amide bonds. The molecule has 0 saturated heterocycles. The van der Waals surface area contributed by atoms with Gasteiger partial charge in [-0.25, -0.2) is 4.98 Å². The van der Waals surface area contributed by atoms with E-state index in [4.69, 9.17) is 0 Å². The fourth-order valence-corrected chi connectivity index (χ4v) is 3.00.